The Morgan fingerprint density at radius 1 is 1.25 bits per heavy atom. The molecule has 0 saturated heterocycles. The van der Waals surface area contributed by atoms with E-state index in [-0.39, 0.29) is 0 Å². The van der Waals surface area contributed by atoms with Gasteiger partial charge in [-0.2, -0.15) is 5.10 Å². The lowest BCUT2D eigenvalue weighted by atomic mass is 10.3. The zero-order valence-corrected chi connectivity index (χ0v) is 14.3. The monoisotopic (exact) mass is 385 g/mol. The molecule has 0 bridgehead atoms. The predicted octanol–water partition coefficient (Wildman–Crippen LogP) is 3.35. The normalized spacial score (nSPS) is 10.8. The van der Waals surface area contributed by atoms with Crippen LogP contribution in [0.25, 0.3) is 11.5 Å². The van der Waals surface area contributed by atoms with Gasteiger partial charge in [0.05, 0.1) is 9.26 Å². The first-order valence-corrected chi connectivity index (χ1v) is 8.11. The topological polar surface area (TPSA) is 55.6 Å². The number of aryl methyl sites for hydroxylation is 2. The zero-order valence-electron chi connectivity index (χ0n) is 12.1. The van der Waals surface area contributed by atoms with Gasteiger partial charge in [-0.15, -0.1) is 0 Å². The number of hydrogen-bond donors (Lipinski definition) is 1. The zero-order chi connectivity index (χ0) is 14.5. The van der Waals surface area contributed by atoms with Gasteiger partial charge in [-0.1, -0.05) is 13.8 Å². The molecule has 0 saturated carbocycles. The van der Waals surface area contributed by atoms with Crippen molar-refractivity contribution < 1.29 is 0 Å². The molecule has 0 atom stereocenters. The van der Waals surface area contributed by atoms with Crippen LogP contribution in [0.3, 0.4) is 0 Å². The molecule has 0 unspecified atom stereocenters. The van der Waals surface area contributed by atoms with Crippen molar-refractivity contribution in [1.82, 2.24) is 19.7 Å². The molecule has 108 valence electrons. The summed E-state index contributed by atoms with van der Waals surface area (Å²) in [5.41, 5.74) is 2.05. The molecular formula is C14H20IN5. The number of rotatable bonds is 6. The van der Waals surface area contributed by atoms with Crippen LogP contribution in [0.1, 0.15) is 32.9 Å². The molecule has 2 aromatic heterocycles. The number of aromatic nitrogens is 4. The summed E-state index contributed by atoms with van der Waals surface area (Å²) >= 11 is 2.32. The summed E-state index contributed by atoms with van der Waals surface area (Å²) in [6, 6.07) is 1.97. The molecule has 0 amide bonds. The Balaban J connectivity index is 2.48. The Labute approximate surface area is 133 Å². The van der Waals surface area contributed by atoms with Crippen LogP contribution in [-0.2, 0) is 13.0 Å². The summed E-state index contributed by atoms with van der Waals surface area (Å²) in [4.78, 5) is 9.37. The van der Waals surface area contributed by atoms with Crippen LogP contribution in [0.15, 0.2) is 12.3 Å². The van der Waals surface area contributed by atoms with Crippen LogP contribution in [-0.4, -0.2) is 26.3 Å². The van der Waals surface area contributed by atoms with Gasteiger partial charge in [0.1, 0.15) is 11.5 Å². The molecule has 0 spiro atoms. The van der Waals surface area contributed by atoms with Gasteiger partial charge < -0.3 is 5.32 Å². The van der Waals surface area contributed by atoms with Crippen molar-refractivity contribution in [2.45, 2.75) is 40.2 Å². The third-order valence-corrected chi connectivity index (χ3v) is 4.18. The standard InChI is InChI=1S/C14H20IN5/c1-4-8-16-14-12(15)10(5-2)18-13(19-14)11-7-9-17-20(11)6-3/h7,9H,4-6,8H2,1-3H3,(H,16,18,19). The number of anilines is 1. The van der Waals surface area contributed by atoms with E-state index >= 15 is 0 Å². The molecule has 0 aliphatic carbocycles. The van der Waals surface area contributed by atoms with Crippen LogP contribution in [0.5, 0.6) is 0 Å². The van der Waals surface area contributed by atoms with E-state index in [1.807, 2.05) is 10.7 Å². The van der Waals surface area contributed by atoms with Crippen molar-refractivity contribution in [2.75, 3.05) is 11.9 Å². The van der Waals surface area contributed by atoms with Crippen molar-refractivity contribution in [2.24, 2.45) is 0 Å². The summed E-state index contributed by atoms with van der Waals surface area (Å²) in [5, 5.41) is 7.68. The van der Waals surface area contributed by atoms with Gasteiger partial charge in [0.2, 0.25) is 0 Å². The van der Waals surface area contributed by atoms with Crippen molar-refractivity contribution >= 4 is 28.4 Å². The Hall–Kier alpha value is -1.18. The second kappa shape index (κ2) is 7.01. The maximum Gasteiger partial charge on any atom is 0.180 e. The molecule has 0 radical (unpaired) electrons. The number of nitrogens with one attached hydrogen (secondary N) is 1. The van der Waals surface area contributed by atoms with Crippen molar-refractivity contribution in [3.8, 4) is 11.5 Å². The first-order valence-electron chi connectivity index (χ1n) is 7.03. The molecule has 5 nitrogen and oxygen atoms in total. The SMILES string of the molecule is CCCNc1nc(-c2ccnn2CC)nc(CC)c1I. The van der Waals surface area contributed by atoms with E-state index in [9.17, 15) is 0 Å². The highest BCUT2D eigenvalue weighted by Gasteiger charge is 2.14. The number of hydrogen-bond acceptors (Lipinski definition) is 4. The van der Waals surface area contributed by atoms with Crippen LogP contribution < -0.4 is 5.32 Å². The minimum atomic E-state index is 0.750. The van der Waals surface area contributed by atoms with Crippen molar-refractivity contribution in [3.05, 3.63) is 21.5 Å². The van der Waals surface area contributed by atoms with Gasteiger partial charge in [-0.25, -0.2) is 9.97 Å². The van der Waals surface area contributed by atoms with Gasteiger partial charge in [-0.3, -0.25) is 4.68 Å². The summed E-state index contributed by atoms with van der Waals surface area (Å²) in [6.07, 6.45) is 3.77. The average molecular weight is 385 g/mol. The van der Waals surface area contributed by atoms with E-state index < -0.39 is 0 Å². The summed E-state index contributed by atoms with van der Waals surface area (Å²) < 4.78 is 3.04. The van der Waals surface area contributed by atoms with E-state index in [2.05, 4.69) is 58.8 Å². The van der Waals surface area contributed by atoms with Crippen LogP contribution in [0.4, 0.5) is 5.82 Å². The molecule has 0 aromatic carbocycles. The first-order chi connectivity index (χ1) is 9.71. The van der Waals surface area contributed by atoms with Gasteiger partial charge in [0.15, 0.2) is 5.82 Å². The molecule has 6 heteroatoms. The predicted molar refractivity (Wildman–Crippen MR) is 89.8 cm³/mol. The van der Waals surface area contributed by atoms with Gasteiger partial charge in [-0.05, 0) is 48.4 Å². The molecular weight excluding hydrogens is 365 g/mol. The Bertz CT molecular complexity index is 579. The van der Waals surface area contributed by atoms with Crippen LogP contribution in [0.2, 0.25) is 0 Å². The Morgan fingerprint density at radius 2 is 2.05 bits per heavy atom. The molecule has 2 aromatic rings. The van der Waals surface area contributed by atoms with E-state index in [1.165, 1.54) is 0 Å². The molecule has 20 heavy (non-hydrogen) atoms. The fourth-order valence-corrected chi connectivity index (χ4v) is 2.79. The molecule has 1 N–H and O–H groups in total. The smallest absolute Gasteiger partial charge is 0.180 e. The molecule has 2 rings (SSSR count). The van der Waals surface area contributed by atoms with E-state index in [4.69, 9.17) is 4.98 Å². The minimum absolute atomic E-state index is 0.750. The van der Waals surface area contributed by atoms with Gasteiger partial charge in [0, 0.05) is 19.3 Å². The quantitative estimate of drug-likeness (QED) is 0.775. The third kappa shape index (κ3) is 3.11. The molecule has 0 aliphatic rings. The molecule has 0 aliphatic heterocycles. The lowest BCUT2D eigenvalue weighted by molar-refractivity contribution is 0.663. The van der Waals surface area contributed by atoms with E-state index in [0.717, 1.165) is 52.5 Å². The average Bonchev–Trinajstić information content (AvgIpc) is 2.94. The number of nitrogens with zero attached hydrogens (tertiary/aromatic N) is 4. The highest BCUT2D eigenvalue weighted by molar-refractivity contribution is 14.1. The minimum Gasteiger partial charge on any atom is -0.369 e. The second-order valence-corrected chi connectivity index (χ2v) is 5.55. The van der Waals surface area contributed by atoms with Gasteiger partial charge in [0.25, 0.3) is 0 Å². The van der Waals surface area contributed by atoms with Crippen molar-refractivity contribution in [3.63, 3.8) is 0 Å². The fraction of sp³-hybridized carbons (Fsp3) is 0.500. The van der Waals surface area contributed by atoms with Crippen LogP contribution >= 0.6 is 22.6 Å². The third-order valence-electron chi connectivity index (χ3n) is 3.04. The van der Waals surface area contributed by atoms with Gasteiger partial charge >= 0.3 is 0 Å². The maximum absolute atomic E-state index is 4.69. The van der Waals surface area contributed by atoms with E-state index in [1.54, 1.807) is 6.20 Å². The molecule has 2 heterocycles. The highest BCUT2D eigenvalue weighted by atomic mass is 127. The number of halogens is 1. The summed E-state index contributed by atoms with van der Waals surface area (Å²) in [6.45, 7) is 8.07. The summed E-state index contributed by atoms with van der Waals surface area (Å²) in [5.74, 6) is 1.68. The maximum atomic E-state index is 4.69. The highest BCUT2D eigenvalue weighted by Crippen LogP contribution is 2.24. The summed E-state index contributed by atoms with van der Waals surface area (Å²) in [7, 11) is 0. The largest absolute Gasteiger partial charge is 0.369 e. The van der Waals surface area contributed by atoms with E-state index in [0.29, 0.717) is 0 Å². The Morgan fingerprint density at radius 3 is 2.70 bits per heavy atom. The fourth-order valence-electron chi connectivity index (χ4n) is 1.98. The molecule has 0 fully saturated rings. The lowest BCUT2D eigenvalue weighted by Crippen LogP contribution is -2.10. The Kier molecular flexibility index (Phi) is 5.33. The van der Waals surface area contributed by atoms with Crippen LogP contribution in [0, 0.1) is 3.57 Å². The van der Waals surface area contributed by atoms with Crippen molar-refractivity contribution in [1.29, 1.82) is 0 Å². The second-order valence-electron chi connectivity index (χ2n) is 4.47. The first kappa shape index (κ1) is 15.2. The lowest BCUT2D eigenvalue weighted by Gasteiger charge is -2.12.